The Labute approximate surface area is 114 Å². The summed E-state index contributed by atoms with van der Waals surface area (Å²) in [5.74, 6) is 0. The van der Waals surface area contributed by atoms with Gasteiger partial charge in [-0.25, -0.2) is 4.68 Å². The molecule has 0 atom stereocenters. The van der Waals surface area contributed by atoms with Crippen LogP contribution in [0, 0.1) is 13.8 Å². The molecular formula is C16H22N2O. The molecule has 0 saturated carbocycles. The van der Waals surface area contributed by atoms with Crippen LogP contribution < -0.4 is 5.56 Å². The van der Waals surface area contributed by atoms with Crippen molar-refractivity contribution in [3.05, 3.63) is 51.4 Å². The minimum absolute atomic E-state index is 0.0800. The van der Waals surface area contributed by atoms with Gasteiger partial charge in [-0.05, 0) is 31.4 Å². The van der Waals surface area contributed by atoms with E-state index >= 15 is 0 Å². The highest BCUT2D eigenvalue weighted by atomic mass is 16.1. The number of aryl methyl sites for hydroxylation is 1. The Morgan fingerprint density at radius 2 is 1.53 bits per heavy atom. The van der Waals surface area contributed by atoms with Crippen molar-refractivity contribution in [2.75, 3.05) is 0 Å². The fourth-order valence-corrected chi connectivity index (χ4v) is 2.55. The van der Waals surface area contributed by atoms with Gasteiger partial charge in [0.2, 0.25) is 0 Å². The van der Waals surface area contributed by atoms with E-state index in [1.165, 1.54) is 5.56 Å². The van der Waals surface area contributed by atoms with E-state index in [1.54, 1.807) is 4.68 Å². The summed E-state index contributed by atoms with van der Waals surface area (Å²) >= 11 is 0. The molecule has 3 heteroatoms. The smallest absolute Gasteiger partial charge is 0.275 e. The fourth-order valence-electron chi connectivity index (χ4n) is 2.55. The monoisotopic (exact) mass is 258 g/mol. The molecular weight excluding hydrogens is 236 g/mol. The zero-order valence-corrected chi connectivity index (χ0v) is 12.6. The van der Waals surface area contributed by atoms with Crippen molar-refractivity contribution in [3.8, 4) is 5.69 Å². The quantitative estimate of drug-likeness (QED) is 0.772. The van der Waals surface area contributed by atoms with E-state index in [-0.39, 0.29) is 11.0 Å². The van der Waals surface area contributed by atoms with Crippen molar-refractivity contribution in [1.29, 1.82) is 0 Å². The summed E-state index contributed by atoms with van der Waals surface area (Å²) < 4.78 is 3.68. The van der Waals surface area contributed by atoms with Gasteiger partial charge in [0.1, 0.15) is 0 Å². The first-order valence-electron chi connectivity index (χ1n) is 6.59. The first-order valence-corrected chi connectivity index (χ1v) is 6.59. The third-order valence-electron chi connectivity index (χ3n) is 3.58. The van der Waals surface area contributed by atoms with E-state index in [4.69, 9.17) is 0 Å². The third-order valence-corrected chi connectivity index (χ3v) is 3.58. The second-order valence-corrected chi connectivity index (χ2v) is 6.19. The van der Waals surface area contributed by atoms with Crippen LogP contribution in [0.4, 0.5) is 0 Å². The van der Waals surface area contributed by atoms with Crippen LogP contribution in [0.15, 0.2) is 29.1 Å². The Morgan fingerprint density at radius 1 is 1.00 bits per heavy atom. The van der Waals surface area contributed by atoms with Crippen LogP contribution in [0.5, 0.6) is 0 Å². The van der Waals surface area contributed by atoms with E-state index in [2.05, 4.69) is 20.8 Å². The summed E-state index contributed by atoms with van der Waals surface area (Å²) in [6.07, 6.45) is 0. The Hall–Kier alpha value is -1.77. The summed E-state index contributed by atoms with van der Waals surface area (Å²) in [6.45, 7) is 10.3. The van der Waals surface area contributed by atoms with Crippen LogP contribution in [0.2, 0.25) is 0 Å². The van der Waals surface area contributed by atoms with Gasteiger partial charge in [-0.15, -0.1) is 0 Å². The predicted octanol–water partition coefficient (Wildman–Crippen LogP) is 3.09. The second-order valence-electron chi connectivity index (χ2n) is 6.19. The average Bonchev–Trinajstić information content (AvgIpc) is 2.51. The molecule has 0 amide bonds. The highest BCUT2D eigenvalue weighted by Crippen LogP contribution is 2.23. The summed E-state index contributed by atoms with van der Waals surface area (Å²) in [5.41, 5.74) is 3.95. The molecule has 0 aliphatic carbocycles. The van der Waals surface area contributed by atoms with Crippen molar-refractivity contribution in [1.82, 2.24) is 9.36 Å². The zero-order chi connectivity index (χ0) is 14.4. The van der Waals surface area contributed by atoms with Crippen molar-refractivity contribution in [2.24, 2.45) is 7.05 Å². The lowest BCUT2D eigenvalue weighted by Crippen LogP contribution is -2.26. The van der Waals surface area contributed by atoms with E-state index in [0.29, 0.717) is 0 Å². The predicted molar refractivity (Wildman–Crippen MR) is 79.2 cm³/mol. The van der Waals surface area contributed by atoms with Crippen molar-refractivity contribution >= 4 is 0 Å². The Kier molecular flexibility index (Phi) is 3.17. The molecule has 1 heterocycles. The molecule has 0 N–H and O–H groups in total. The van der Waals surface area contributed by atoms with E-state index in [1.807, 2.05) is 49.8 Å². The molecule has 0 bridgehead atoms. The molecule has 2 aromatic rings. The van der Waals surface area contributed by atoms with Gasteiger partial charge in [0.05, 0.1) is 5.69 Å². The molecule has 0 aliphatic rings. The number of rotatable bonds is 1. The lowest BCUT2D eigenvalue weighted by molar-refractivity contribution is 0.579. The minimum atomic E-state index is -0.144. The van der Waals surface area contributed by atoms with Crippen LogP contribution in [-0.4, -0.2) is 9.36 Å². The Morgan fingerprint density at radius 3 is 1.95 bits per heavy atom. The molecule has 0 saturated heterocycles. The van der Waals surface area contributed by atoms with Crippen LogP contribution in [-0.2, 0) is 12.5 Å². The van der Waals surface area contributed by atoms with Gasteiger partial charge in [0, 0.05) is 18.3 Å². The molecule has 0 fully saturated rings. The Bertz CT molecular complexity index is 652. The van der Waals surface area contributed by atoms with E-state index in [9.17, 15) is 4.79 Å². The summed E-state index contributed by atoms with van der Waals surface area (Å²) in [6, 6.07) is 8.03. The first kappa shape index (κ1) is 13.7. The molecule has 0 aliphatic heterocycles. The Balaban J connectivity index is 2.73. The number of hydrogen-bond acceptors (Lipinski definition) is 1. The van der Waals surface area contributed by atoms with Crippen molar-refractivity contribution in [2.45, 2.75) is 40.0 Å². The van der Waals surface area contributed by atoms with E-state index in [0.717, 1.165) is 16.9 Å². The van der Waals surface area contributed by atoms with Crippen LogP contribution >= 0.6 is 0 Å². The molecule has 3 nitrogen and oxygen atoms in total. The molecule has 0 spiro atoms. The van der Waals surface area contributed by atoms with Gasteiger partial charge in [-0.2, -0.15) is 0 Å². The molecule has 1 aromatic carbocycles. The largest absolute Gasteiger partial charge is 0.285 e. The molecule has 19 heavy (non-hydrogen) atoms. The maximum absolute atomic E-state index is 12.7. The summed E-state index contributed by atoms with van der Waals surface area (Å²) in [5, 5.41) is 0. The number of aromatic nitrogens is 2. The first-order chi connectivity index (χ1) is 8.73. The van der Waals surface area contributed by atoms with E-state index < -0.39 is 0 Å². The van der Waals surface area contributed by atoms with Gasteiger partial charge in [-0.3, -0.25) is 9.48 Å². The minimum Gasteiger partial charge on any atom is -0.285 e. The normalized spacial score (nSPS) is 11.9. The van der Waals surface area contributed by atoms with Crippen LogP contribution in [0.3, 0.4) is 0 Å². The van der Waals surface area contributed by atoms with Crippen LogP contribution in [0.1, 0.15) is 37.6 Å². The maximum atomic E-state index is 12.7. The number of nitrogens with zero attached hydrogens (tertiary/aromatic N) is 2. The highest BCUT2D eigenvalue weighted by Gasteiger charge is 2.25. The lowest BCUT2D eigenvalue weighted by atomic mass is 9.87. The second kappa shape index (κ2) is 4.41. The molecule has 102 valence electrons. The van der Waals surface area contributed by atoms with Crippen molar-refractivity contribution in [3.63, 3.8) is 0 Å². The highest BCUT2D eigenvalue weighted by molar-refractivity contribution is 5.37. The van der Waals surface area contributed by atoms with Gasteiger partial charge >= 0.3 is 0 Å². The average molecular weight is 258 g/mol. The van der Waals surface area contributed by atoms with Crippen LogP contribution in [0.25, 0.3) is 5.69 Å². The fraction of sp³-hybridized carbons (Fsp3) is 0.438. The zero-order valence-electron chi connectivity index (χ0n) is 12.6. The van der Waals surface area contributed by atoms with Gasteiger partial charge in [0.25, 0.3) is 5.56 Å². The maximum Gasteiger partial charge on any atom is 0.275 e. The molecule has 0 unspecified atom stereocenters. The van der Waals surface area contributed by atoms with Gasteiger partial charge in [0.15, 0.2) is 0 Å². The topological polar surface area (TPSA) is 26.9 Å². The lowest BCUT2D eigenvalue weighted by Gasteiger charge is -2.16. The summed E-state index contributed by atoms with van der Waals surface area (Å²) in [4.78, 5) is 12.7. The third kappa shape index (κ3) is 2.25. The van der Waals surface area contributed by atoms with Crippen molar-refractivity contribution < 1.29 is 0 Å². The number of benzene rings is 1. The standard InChI is InChI=1S/C16H22N2O/c1-11-7-9-13(10-8-11)18-15(19)14(16(3,4)5)12(2)17(18)6/h7-10H,1-6H3. The molecule has 2 rings (SSSR count). The van der Waals surface area contributed by atoms with Gasteiger partial charge < -0.3 is 0 Å². The summed E-state index contributed by atoms with van der Waals surface area (Å²) in [7, 11) is 1.94. The van der Waals surface area contributed by atoms with Gasteiger partial charge in [-0.1, -0.05) is 38.5 Å². The SMILES string of the molecule is Cc1ccc(-n2c(=O)c(C(C)(C)C)c(C)n2C)cc1. The molecule has 1 aromatic heterocycles. The molecule has 0 radical (unpaired) electrons. The number of hydrogen-bond donors (Lipinski definition) is 0.